The molecule has 0 aliphatic carbocycles. The monoisotopic (exact) mass is 320 g/mol. The minimum atomic E-state index is -0.783. The SMILES string of the molecule is CCc1c(C(=O)N2CCC(CC(=O)O)CC2)[nH]c(C)c1C(C)=O. The molecule has 23 heavy (non-hydrogen) atoms. The maximum Gasteiger partial charge on any atom is 0.303 e. The quantitative estimate of drug-likeness (QED) is 0.815. The Morgan fingerprint density at radius 3 is 2.35 bits per heavy atom. The summed E-state index contributed by atoms with van der Waals surface area (Å²) in [5.41, 5.74) is 2.65. The molecule has 1 fully saturated rings. The Kier molecular flexibility index (Phi) is 5.23. The third-order valence-corrected chi connectivity index (χ3v) is 4.58. The number of nitrogens with zero attached hydrogens (tertiary/aromatic N) is 1. The molecule has 126 valence electrons. The molecule has 6 heteroatoms. The highest BCUT2D eigenvalue weighted by Gasteiger charge is 2.28. The number of hydrogen-bond acceptors (Lipinski definition) is 3. The number of carboxylic acid groups (broad SMARTS) is 1. The lowest BCUT2D eigenvalue weighted by atomic mass is 9.93. The molecule has 1 aliphatic rings. The van der Waals surface area contributed by atoms with E-state index < -0.39 is 5.97 Å². The highest BCUT2D eigenvalue weighted by Crippen LogP contribution is 2.25. The van der Waals surface area contributed by atoms with Gasteiger partial charge in [0.2, 0.25) is 0 Å². The summed E-state index contributed by atoms with van der Waals surface area (Å²) >= 11 is 0. The number of aromatic nitrogens is 1. The van der Waals surface area contributed by atoms with E-state index >= 15 is 0 Å². The van der Waals surface area contributed by atoms with Crippen LogP contribution in [0.15, 0.2) is 0 Å². The van der Waals surface area contributed by atoms with E-state index in [2.05, 4.69) is 4.98 Å². The molecule has 0 saturated carbocycles. The zero-order valence-corrected chi connectivity index (χ0v) is 13.9. The molecule has 1 aromatic heterocycles. The van der Waals surface area contributed by atoms with Gasteiger partial charge < -0.3 is 15.0 Å². The van der Waals surface area contributed by atoms with Gasteiger partial charge in [0, 0.05) is 30.8 Å². The zero-order valence-electron chi connectivity index (χ0n) is 13.9. The summed E-state index contributed by atoms with van der Waals surface area (Å²) in [6.07, 6.45) is 2.20. The highest BCUT2D eigenvalue weighted by atomic mass is 16.4. The number of ketones is 1. The number of aromatic amines is 1. The second-order valence-corrected chi connectivity index (χ2v) is 6.22. The maximum absolute atomic E-state index is 12.8. The molecule has 2 rings (SSSR count). The summed E-state index contributed by atoms with van der Waals surface area (Å²) in [5.74, 6) is -0.768. The standard InChI is InChI=1S/C17H24N2O4/c1-4-13-15(11(3)20)10(2)18-16(13)17(23)19-7-5-12(6-8-19)9-14(21)22/h12,18H,4-9H2,1-3H3,(H,21,22). The van der Waals surface area contributed by atoms with Crippen molar-refractivity contribution in [3.05, 3.63) is 22.5 Å². The second-order valence-electron chi connectivity index (χ2n) is 6.22. The number of carbonyl (C=O) groups excluding carboxylic acids is 2. The van der Waals surface area contributed by atoms with E-state index in [-0.39, 0.29) is 24.0 Å². The molecule has 1 saturated heterocycles. The summed E-state index contributed by atoms with van der Waals surface area (Å²) in [4.78, 5) is 40.2. The average Bonchev–Trinajstić information content (AvgIpc) is 2.83. The number of Topliss-reactive ketones (excluding diaryl/α,β-unsaturated/α-hetero) is 1. The Bertz CT molecular complexity index is 625. The third-order valence-electron chi connectivity index (χ3n) is 4.58. The number of carbonyl (C=O) groups is 3. The lowest BCUT2D eigenvalue weighted by Crippen LogP contribution is -2.39. The first-order valence-corrected chi connectivity index (χ1v) is 8.08. The number of likely N-dealkylation sites (tertiary alicyclic amines) is 1. The first-order chi connectivity index (χ1) is 10.8. The fourth-order valence-electron chi connectivity index (χ4n) is 3.43. The molecular weight excluding hydrogens is 296 g/mol. The topological polar surface area (TPSA) is 90.5 Å². The molecule has 6 nitrogen and oxygen atoms in total. The van der Waals surface area contributed by atoms with Crippen LogP contribution >= 0.6 is 0 Å². The molecule has 1 aromatic rings. The fourth-order valence-corrected chi connectivity index (χ4v) is 3.43. The normalized spacial score (nSPS) is 15.7. The number of hydrogen-bond donors (Lipinski definition) is 2. The summed E-state index contributed by atoms with van der Waals surface area (Å²) in [6, 6.07) is 0. The molecule has 2 heterocycles. The van der Waals surface area contributed by atoms with E-state index in [1.807, 2.05) is 13.8 Å². The van der Waals surface area contributed by atoms with E-state index in [9.17, 15) is 14.4 Å². The Morgan fingerprint density at radius 1 is 1.26 bits per heavy atom. The van der Waals surface area contributed by atoms with Gasteiger partial charge in [0.1, 0.15) is 5.69 Å². The number of H-pyrrole nitrogens is 1. The van der Waals surface area contributed by atoms with Crippen LogP contribution in [0, 0.1) is 12.8 Å². The smallest absolute Gasteiger partial charge is 0.303 e. The number of amides is 1. The van der Waals surface area contributed by atoms with Crippen LogP contribution in [0.25, 0.3) is 0 Å². The van der Waals surface area contributed by atoms with Crippen molar-refractivity contribution in [3.8, 4) is 0 Å². The van der Waals surface area contributed by atoms with Gasteiger partial charge in [-0.15, -0.1) is 0 Å². The van der Waals surface area contributed by atoms with Gasteiger partial charge in [-0.3, -0.25) is 14.4 Å². The van der Waals surface area contributed by atoms with Crippen LogP contribution in [0.5, 0.6) is 0 Å². The van der Waals surface area contributed by atoms with Crippen LogP contribution in [0.4, 0.5) is 0 Å². The van der Waals surface area contributed by atoms with Crippen molar-refractivity contribution in [2.24, 2.45) is 5.92 Å². The maximum atomic E-state index is 12.8. The van der Waals surface area contributed by atoms with Gasteiger partial charge in [-0.05, 0) is 44.6 Å². The molecule has 0 aromatic carbocycles. The minimum absolute atomic E-state index is 0.0326. The van der Waals surface area contributed by atoms with Gasteiger partial charge >= 0.3 is 5.97 Å². The fraction of sp³-hybridized carbons (Fsp3) is 0.588. The van der Waals surface area contributed by atoms with Crippen molar-refractivity contribution in [1.29, 1.82) is 0 Å². The van der Waals surface area contributed by atoms with Crippen LogP contribution in [0.2, 0.25) is 0 Å². The number of aryl methyl sites for hydroxylation is 1. The lowest BCUT2D eigenvalue weighted by molar-refractivity contribution is -0.138. The van der Waals surface area contributed by atoms with E-state index in [0.717, 1.165) is 11.3 Å². The predicted octanol–water partition coefficient (Wildman–Crippen LogP) is 2.42. The minimum Gasteiger partial charge on any atom is -0.481 e. The van der Waals surface area contributed by atoms with Crippen LogP contribution in [0.1, 0.15) is 65.2 Å². The van der Waals surface area contributed by atoms with Gasteiger partial charge in [0.25, 0.3) is 5.91 Å². The van der Waals surface area contributed by atoms with Crippen molar-refractivity contribution in [2.45, 2.75) is 46.5 Å². The number of piperidine rings is 1. The number of aliphatic carboxylic acids is 1. The molecule has 1 amide bonds. The van der Waals surface area contributed by atoms with Gasteiger partial charge in [-0.1, -0.05) is 6.92 Å². The molecule has 0 spiro atoms. The number of carboxylic acids is 1. The molecule has 0 radical (unpaired) electrons. The Balaban J connectivity index is 2.14. The van der Waals surface area contributed by atoms with Gasteiger partial charge in [0.15, 0.2) is 5.78 Å². The second kappa shape index (κ2) is 6.98. The van der Waals surface area contributed by atoms with Crippen LogP contribution in [-0.4, -0.2) is 45.7 Å². The van der Waals surface area contributed by atoms with Crippen molar-refractivity contribution in [3.63, 3.8) is 0 Å². The van der Waals surface area contributed by atoms with Gasteiger partial charge in [0.05, 0.1) is 0 Å². The van der Waals surface area contributed by atoms with Crippen LogP contribution < -0.4 is 0 Å². The van der Waals surface area contributed by atoms with E-state index in [1.165, 1.54) is 6.92 Å². The first-order valence-electron chi connectivity index (χ1n) is 8.08. The predicted molar refractivity (Wildman–Crippen MR) is 85.8 cm³/mol. The molecular formula is C17H24N2O4. The molecule has 0 unspecified atom stereocenters. The van der Waals surface area contributed by atoms with Gasteiger partial charge in [-0.25, -0.2) is 0 Å². The molecule has 1 aliphatic heterocycles. The average molecular weight is 320 g/mol. The zero-order chi connectivity index (χ0) is 17.1. The van der Waals surface area contributed by atoms with Crippen molar-refractivity contribution < 1.29 is 19.5 Å². The summed E-state index contributed by atoms with van der Waals surface area (Å²) in [7, 11) is 0. The van der Waals surface area contributed by atoms with Crippen molar-refractivity contribution >= 4 is 17.7 Å². The van der Waals surface area contributed by atoms with Crippen molar-refractivity contribution in [1.82, 2.24) is 9.88 Å². The molecule has 0 atom stereocenters. The third kappa shape index (κ3) is 3.63. The van der Waals surface area contributed by atoms with Crippen LogP contribution in [0.3, 0.4) is 0 Å². The Hall–Kier alpha value is -2.11. The highest BCUT2D eigenvalue weighted by molar-refractivity contribution is 6.02. The van der Waals surface area contributed by atoms with E-state index in [1.54, 1.807) is 4.90 Å². The summed E-state index contributed by atoms with van der Waals surface area (Å²) in [5, 5.41) is 8.85. The summed E-state index contributed by atoms with van der Waals surface area (Å²) in [6.45, 7) is 6.39. The molecule has 0 bridgehead atoms. The molecule has 2 N–H and O–H groups in total. The van der Waals surface area contributed by atoms with Crippen molar-refractivity contribution in [2.75, 3.05) is 13.1 Å². The summed E-state index contributed by atoms with van der Waals surface area (Å²) < 4.78 is 0. The van der Waals surface area contributed by atoms with Crippen LogP contribution in [-0.2, 0) is 11.2 Å². The first kappa shape index (κ1) is 17.2. The Morgan fingerprint density at radius 2 is 1.87 bits per heavy atom. The van der Waals surface area contributed by atoms with E-state index in [0.29, 0.717) is 43.6 Å². The lowest BCUT2D eigenvalue weighted by Gasteiger charge is -2.31. The van der Waals surface area contributed by atoms with E-state index in [4.69, 9.17) is 5.11 Å². The largest absolute Gasteiger partial charge is 0.481 e. The number of rotatable bonds is 5. The van der Waals surface area contributed by atoms with Gasteiger partial charge in [-0.2, -0.15) is 0 Å². The number of nitrogens with one attached hydrogen (secondary N) is 1. The Labute approximate surface area is 135 Å².